The molecule has 5 nitrogen and oxygen atoms in total. The number of thioether (sulfide) groups is 1. The van der Waals surface area contributed by atoms with Crippen LogP contribution in [0.2, 0.25) is 0 Å². The highest BCUT2D eigenvalue weighted by Crippen LogP contribution is 2.28. The fourth-order valence-corrected chi connectivity index (χ4v) is 4.17. The number of hydrogen-bond acceptors (Lipinski definition) is 4. The summed E-state index contributed by atoms with van der Waals surface area (Å²) in [4.78, 5) is 17.4. The SMILES string of the molecule is Cc1ccn2c(C)c(-c3ccc4[nH]c(SCc5ccccn5)nc4c3)nc2c1. The van der Waals surface area contributed by atoms with Crippen LogP contribution in [-0.4, -0.2) is 24.3 Å². The van der Waals surface area contributed by atoms with Crippen molar-refractivity contribution in [2.75, 3.05) is 0 Å². The minimum Gasteiger partial charge on any atom is -0.333 e. The maximum Gasteiger partial charge on any atom is 0.166 e. The molecular weight excluding hydrogens is 366 g/mol. The second-order valence-corrected chi connectivity index (χ2v) is 7.83. The standard InChI is InChI=1S/C22H19N5S/c1-14-8-10-27-15(2)21(26-20(27)11-14)16-6-7-18-19(12-16)25-22(24-18)28-13-17-5-3-4-9-23-17/h3-12H,13H2,1-2H3,(H,24,25). The van der Waals surface area contributed by atoms with E-state index in [9.17, 15) is 0 Å². The Morgan fingerprint density at radius 1 is 1.04 bits per heavy atom. The Morgan fingerprint density at radius 2 is 1.96 bits per heavy atom. The monoisotopic (exact) mass is 385 g/mol. The number of nitrogens with one attached hydrogen (secondary N) is 1. The molecule has 0 aliphatic heterocycles. The molecule has 4 heterocycles. The van der Waals surface area contributed by atoms with Crippen molar-refractivity contribution in [1.29, 1.82) is 0 Å². The minimum atomic E-state index is 0.790. The first kappa shape index (κ1) is 17.0. The summed E-state index contributed by atoms with van der Waals surface area (Å²) in [5.41, 5.74) is 8.43. The van der Waals surface area contributed by atoms with E-state index in [-0.39, 0.29) is 0 Å². The van der Waals surface area contributed by atoms with Gasteiger partial charge in [-0.25, -0.2) is 9.97 Å². The van der Waals surface area contributed by atoms with E-state index in [4.69, 9.17) is 9.97 Å². The predicted octanol–water partition coefficient (Wildman–Crippen LogP) is 5.18. The molecule has 0 aliphatic carbocycles. The zero-order valence-corrected chi connectivity index (χ0v) is 16.5. The van der Waals surface area contributed by atoms with Gasteiger partial charge in [0, 0.05) is 29.4 Å². The summed E-state index contributed by atoms with van der Waals surface area (Å²) in [5.74, 6) is 0.790. The Bertz CT molecular complexity index is 1290. The van der Waals surface area contributed by atoms with Gasteiger partial charge < -0.3 is 9.38 Å². The molecule has 5 rings (SSSR count). The van der Waals surface area contributed by atoms with Crippen molar-refractivity contribution in [1.82, 2.24) is 24.3 Å². The number of fused-ring (bicyclic) bond motifs is 2. The summed E-state index contributed by atoms with van der Waals surface area (Å²) < 4.78 is 2.13. The molecule has 0 bridgehead atoms. The lowest BCUT2D eigenvalue weighted by Crippen LogP contribution is -1.87. The van der Waals surface area contributed by atoms with Gasteiger partial charge in [-0.1, -0.05) is 23.9 Å². The molecule has 0 radical (unpaired) electrons. The van der Waals surface area contributed by atoms with E-state index in [2.05, 4.69) is 64.7 Å². The van der Waals surface area contributed by atoms with Gasteiger partial charge >= 0.3 is 0 Å². The lowest BCUT2D eigenvalue weighted by atomic mass is 10.1. The molecule has 1 N–H and O–H groups in total. The molecule has 0 saturated carbocycles. The van der Waals surface area contributed by atoms with Crippen LogP contribution in [0, 0.1) is 13.8 Å². The molecule has 0 saturated heterocycles. The fourth-order valence-electron chi connectivity index (χ4n) is 3.37. The first-order valence-corrected chi connectivity index (χ1v) is 10.1. The molecule has 0 atom stereocenters. The van der Waals surface area contributed by atoms with E-state index in [0.29, 0.717) is 0 Å². The highest BCUT2D eigenvalue weighted by atomic mass is 32.2. The molecule has 0 spiro atoms. The van der Waals surface area contributed by atoms with Crippen LogP contribution in [0.3, 0.4) is 0 Å². The van der Waals surface area contributed by atoms with Gasteiger partial charge in [0.15, 0.2) is 5.16 Å². The lowest BCUT2D eigenvalue weighted by molar-refractivity contribution is 1.07. The zero-order valence-electron chi connectivity index (χ0n) is 15.7. The van der Waals surface area contributed by atoms with Crippen LogP contribution >= 0.6 is 11.8 Å². The normalized spacial score (nSPS) is 11.5. The maximum atomic E-state index is 4.84. The number of pyridine rings is 2. The van der Waals surface area contributed by atoms with E-state index in [0.717, 1.165) is 50.2 Å². The number of rotatable bonds is 4. The van der Waals surface area contributed by atoms with Gasteiger partial charge in [0.1, 0.15) is 5.65 Å². The Labute approximate surface area is 166 Å². The van der Waals surface area contributed by atoms with Crippen LogP contribution in [0.5, 0.6) is 0 Å². The summed E-state index contributed by atoms with van der Waals surface area (Å²) in [7, 11) is 0. The smallest absolute Gasteiger partial charge is 0.166 e. The third kappa shape index (κ3) is 3.05. The van der Waals surface area contributed by atoms with Crippen molar-refractivity contribution < 1.29 is 0 Å². The first-order chi connectivity index (χ1) is 13.7. The molecule has 1 aromatic carbocycles. The third-order valence-corrected chi connectivity index (χ3v) is 5.75. The van der Waals surface area contributed by atoms with Gasteiger partial charge in [-0.15, -0.1) is 0 Å². The lowest BCUT2D eigenvalue weighted by Gasteiger charge is -2.00. The molecule has 5 aromatic rings. The van der Waals surface area contributed by atoms with Gasteiger partial charge in [-0.2, -0.15) is 0 Å². The quantitative estimate of drug-likeness (QED) is 0.433. The van der Waals surface area contributed by atoms with Crippen molar-refractivity contribution in [2.24, 2.45) is 0 Å². The van der Waals surface area contributed by atoms with E-state index in [1.165, 1.54) is 5.56 Å². The molecular formula is C22H19N5S. The summed E-state index contributed by atoms with van der Waals surface area (Å²) in [5, 5.41) is 0.903. The Balaban J connectivity index is 1.47. The summed E-state index contributed by atoms with van der Waals surface area (Å²) in [6.07, 6.45) is 3.90. The summed E-state index contributed by atoms with van der Waals surface area (Å²) >= 11 is 1.66. The fraction of sp³-hybridized carbons (Fsp3) is 0.136. The zero-order chi connectivity index (χ0) is 19.1. The topological polar surface area (TPSA) is 58.9 Å². The molecule has 4 aromatic heterocycles. The Hall–Kier alpha value is -3.12. The van der Waals surface area contributed by atoms with Crippen molar-refractivity contribution in [3.63, 3.8) is 0 Å². The van der Waals surface area contributed by atoms with Crippen LogP contribution < -0.4 is 0 Å². The summed E-state index contributed by atoms with van der Waals surface area (Å²) in [6, 6.07) is 16.5. The van der Waals surface area contributed by atoms with Gasteiger partial charge in [-0.3, -0.25) is 4.98 Å². The average molecular weight is 385 g/mol. The predicted molar refractivity (Wildman–Crippen MR) is 114 cm³/mol. The van der Waals surface area contributed by atoms with Crippen molar-refractivity contribution in [3.05, 3.63) is 77.9 Å². The number of H-pyrrole nitrogens is 1. The molecule has 138 valence electrons. The minimum absolute atomic E-state index is 0.790. The molecule has 0 fully saturated rings. The highest BCUT2D eigenvalue weighted by molar-refractivity contribution is 7.98. The Kier molecular flexibility index (Phi) is 4.13. The summed E-state index contributed by atoms with van der Waals surface area (Å²) in [6.45, 7) is 4.19. The molecule has 6 heteroatoms. The maximum absolute atomic E-state index is 4.84. The number of benzene rings is 1. The van der Waals surface area contributed by atoms with Crippen LogP contribution in [-0.2, 0) is 5.75 Å². The largest absolute Gasteiger partial charge is 0.333 e. The molecule has 0 amide bonds. The van der Waals surface area contributed by atoms with Gasteiger partial charge in [0.25, 0.3) is 0 Å². The van der Waals surface area contributed by atoms with Crippen LogP contribution in [0.25, 0.3) is 27.9 Å². The van der Waals surface area contributed by atoms with Crippen molar-refractivity contribution >= 4 is 28.4 Å². The van der Waals surface area contributed by atoms with E-state index in [1.807, 2.05) is 24.4 Å². The number of aryl methyl sites for hydroxylation is 2. The van der Waals surface area contributed by atoms with Crippen LogP contribution in [0.4, 0.5) is 0 Å². The van der Waals surface area contributed by atoms with Gasteiger partial charge in [-0.05, 0) is 55.8 Å². The van der Waals surface area contributed by atoms with Crippen molar-refractivity contribution in [2.45, 2.75) is 24.8 Å². The number of imidazole rings is 2. The molecule has 28 heavy (non-hydrogen) atoms. The van der Waals surface area contributed by atoms with E-state index >= 15 is 0 Å². The first-order valence-electron chi connectivity index (χ1n) is 9.15. The third-order valence-electron chi connectivity index (χ3n) is 4.84. The van der Waals surface area contributed by atoms with Gasteiger partial charge in [0.2, 0.25) is 0 Å². The molecule has 0 unspecified atom stereocenters. The molecule has 0 aliphatic rings. The average Bonchev–Trinajstić information content (AvgIpc) is 3.27. The number of hydrogen-bond donors (Lipinski definition) is 1. The van der Waals surface area contributed by atoms with E-state index in [1.54, 1.807) is 11.8 Å². The second kappa shape index (κ2) is 6.80. The second-order valence-electron chi connectivity index (χ2n) is 6.86. The van der Waals surface area contributed by atoms with Crippen LogP contribution in [0.15, 0.2) is 66.1 Å². The van der Waals surface area contributed by atoms with Gasteiger partial charge in [0.05, 0.1) is 22.4 Å². The van der Waals surface area contributed by atoms with E-state index < -0.39 is 0 Å². The number of aromatic nitrogens is 5. The number of aromatic amines is 1. The highest BCUT2D eigenvalue weighted by Gasteiger charge is 2.12. The van der Waals surface area contributed by atoms with Crippen LogP contribution in [0.1, 0.15) is 17.0 Å². The van der Waals surface area contributed by atoms with Crippen molar-refractivity contribution in [3.8, 4) is 11.3 Å². The number of nitrogens with zero attached hydrogens (tertiary/aromatic N) is 4. The Morgan fingerprint density at radius 3 is 2.82 bits per heavy atom.